The number of aliphatic hydroxyl groups excluding tert-OH is 1. The average Bonchev–Trinajstić information content (AvgIpc) is 2.14. The van der Waals surface area contributed by atoms with E-state index in [-0.39, 0.29) is 0 Å². The van der Waals surface area contributed by atoms with Crippen LogP contribution >= 0.6 is 15.9 Å². The Morgan fingerprint density at radius 3 is 2.80 bits per heavy atom. The number of ether oxygens (including phenoxy) is 1. The summed E-state index contributed by atoms with van der Waals surface area (Å²) >= 11 is 3.37. The van der Waals surface area contributed by atoms with Gasteiger partial charge in [-0.3, -0.25) is 0 Å². The Bertz CT molecular complexity index is 359. The second-order valence-electron chi connectivity index (χ2n) is 3.60. The van der Waals surface area contributed by atoms with E-state index < -0.39 is 6.10 Å². The number of benzene rings is 1. The van der Waals surface area contributed by atoms with Crippen molar-refractivity contribution in [3.8, 4) is 5.75 Å². The summed E-state index contributed by atoms with van der Waals surface area (Å²) in [4.78, 5) is 0. The Morgan fingerprint density at radius 2 is 2.27 bits per heavy atom. The van der Waals surface area contributed by atoms with Crippen molar-refractivity contribution in [2.24, 2.45) is 0 Å². The summed E-state index contributed by atoms with van der Waals surface area (Å²) in [6.07, 6.45) is -0.529. The van der Waals surface area contributed by atoms with Crippen molar-refractivity contribution in [3.63, 3.8) is 0 Å². The zero-order chi connectivity index (χ0) is 11.4. The van der Waals surface area contributed by atoms with Crippen LogP contribution < -0.4 is 4.74 Å². The van der Waals surface area contributed by atoms with E-state index >= 15 is 0 Å². The number of rotatable bonds is 4. The molecule has 0 aliphatic rings. The van der Waals surface area contributed by atoms with Gasteiger partial charge in [0.25, 0.3) is 0 Å². The second-order valence-corrected chi connectivity index (χ2v) is 4.52. The first kappa shape index (κ1) is 12.3. The quantitative estimate of drug-likeness (QED) is 0.850. The van der Waals surface area contributed by atoms with Crippen molar-refractivity contribution < 1.29 is 9.84 Å². The lowest BCUT2D eigenvalue weighted by molar-refractivity contribution is 0.192. The minimum Gasteiger partial charge on any atom is -0.489 e. The van der Waals surface area contributed by atoms with Gasteiger partial charge >= 0.3 is 0 Å². The van der Waals surface area contributed by atoms with Crippen LogP contribution in [0.4, 0.5) is 0 Å². The highest BCUT2D eigenvalue weighted by Crippen LogP contribution is 2.28. The zero-order valence-electron chi connectivity index (χ0n) is 8.96. The number of hydrogen-bond acceptors (Lipinski definition) is 2. The lowest BCUT2D eigenvalue weighted by Crippen LogP contribution is -2.02. The zero-order valence-corrected chi connectivity index (χ0v) is 10.5. The molecule has 1 atom stereocenters. The van der Waals surface area contributed by atoms with Crippen LogP contribution in [0.3, 0.4) is 0 Å². The van der Waals surface area contributed by atoms with E-state index in [1.54, 1.807) is 6.92 Å². The van der Waals surface area contributed by atoms with Crippen molar-refractivity contribution in [2.75, 3.05) is 6.61 Å². The summed E-state index contributed by atoms with van der Waals surface area (Å²) in [6.45, 7) is 7.86. The molecule has 0 heterocycles. The van der Waals surface area contributed by atoms with Gasteiger partial charge in [0, 0.05) is 10.0 Å². The largest absolute Gasteiger partial charge is 0.489 e. The molecule has 0 amide bonds. The van der Waals surface area contributed by atoms with Crippen LogP contribution in [0.15, 0.2) is 34.8 Å². The van der Waals surface area contributed by atoms with Gasteiger partial charge in [0.2, 0.25) is 0 Å². The summed E-state index contributed by atoms with van der Waals surface area (Å²) in [5.41, 5.74) is 1.74. The van der Waals surface area contributed by atoms with Gasteiger partial charge < -0.3 is 9.84 Å². The normalized spacial score (nSPS) is 12.3. The topological polar surface area (TPSA) is 29.5 Å². The third-order valence-corrected chi connectivity index (χ3v) is 2.39. The minimum absolute atomic E-state index is 0.468. The third-order valence-electron chi connectivity index (χ3n) is 1.90. The monoisotopic (exact) mass is 270 g/mol. The molecule has 3 heteroatoms. The Balaban J connectivity index is 2.91. The Labute approximate surface area is 98.7 Å². The molecule has 0 saturated heterocycles. The predicted octanol–water partition coefficient (Wildman–Crippen LogP) is 3.46. The maximum atomic E-state index is 9.54. The highest BCUT2D eigenvalue weighted by Gasteiger charge is 2.09. The van der Waals surface area contributed by atoms with E-state index in [2.05, 4.69) is 22.5 Å². The molecule has 0 saturated carbocycles. The van der Waals surface area contributed by atoms with Gasteiger partial charge in [0.15, 0.2) is 0 Å². The van der Waals surface area contributed by atoms with E-state index in [9.17, 15) is 5.11 Å². The molecule has 1 N–H and O–H groups in total. The summed E-state index contributed by atoms with van der Waals surface area (Å²) in [5.74, 6) is 0.697. The first-order valence-corrected chi connectivity index (χ1v) is 5.54. The molecule has 2 nitrogen and oxygen atoms in total. The molecule has 0 aliphatic carbocycles. The van der Waals surface area contributed by atoms with Crippen LogP contribution in [0.1, 0.15) is 25.5 Å². The maximum Gasteiger partial charge on any atom is 0.126 e. The van der Waals surface area contributed by atoms with Crippen LogP contribution in [-0.2, 0) is 0 Å². The molecular formula is C12H15BrO2. The van der Waals surface area contributed by atoms with E-state index in [4.69, 9.17) is 4.74 Å². The number of hydrogen-bond donors (Lipinski definition) is 1. The van der Waals surface area contributed by atoms with Crippen LogP contribution in [0.25, 0.3) is 0 Å². The van der Waals surface area contributed by atoms with E-state index in [1.807, 2.05) is 25.1 Å². The minimum atomic E-state index is -0.529. The SMILES string of the molecule is C=C(C)COc1cc(Br)ccc1[C@H](C)O. The van der Waals surface area contributed by atoms with Gasteiger partial charge in [-0.25, -0.2) is 0 Å². The van der Waals surface area contributed by atoms with E-state index in [0.717, 1.165) is 15.6 Å². The van der Waals surface area contributed by atoms with Gasteiger partial charge in [-0.1, -0.05) is 28.6 Å². The fourth-order valence-corrected chi connectivity index (χ4v) is 1.52. The number of halogens is 1. The second kappa shape index (κ2) is 5.33. The molecule has 0 fully saturated rings. The van der Waals surface area contributed by atoms with Crippen molar-refractivity contribution >= 4 is 15.9 Å². The Kier molecular flexibility index (Phi) is 4.36. The lowest BCUT2D eigenvalue weighted by atomic mass is 10.1. The van der Waals surface area contributed by atoms with Crippen molar-refractivity contribution in [1.29, 1.82) is 0 Å². The highest BCUT2D eigenvalue weighted by molar-refractivity contribution is 9.10. The van der Waals surface area contributed by atoms with Gasteiger partial charge in [0.05, 0.1) is 6.10 Å². The van der Waals surface area contributed by atoms with Crippen molar-refractivity contribution in [2.45, 2.75) is 20.0 Å². The molecule has 0 aromatic heterocycles. The molecule has 0 aliphatic heterocycles. The van der Waals surface area contributed by atoms with Gasteiger partial charge in [-0.05, 0) is 31.6 Å². The summed E-state index contributed by atoms with van der Waals surface area (Å²) < 4.78 is 6.49. The fourth-order valence-electron chi connectivity index (χ4n) is 1.18. The lowest BCUT2D eigenvalue weighted by Gasteiger charge is -2.13. The predicted molar refractivity (Wildman–Crippen MR) is 65.1 cm³/mol. The van der Waals surface area contributed by atoms with E-state index in [0.29, 0.717) is 12.4 Å². The standard InChI is InChI=1S/C12H15BrO2/c1-8(2)7-15-12-6-10(13)4-5-11(12)9(3)14/h4-6,9,14H,1,7H2,2-3H3/t9-/m0/s1. The molecule has 1 rings (SSSR count). The Morgan fingerprint density at radius 1 is 1.60 bits per heavy atom. The molecule has 0 unspecified atom stereocenters. The first-order chi connectivity index (χ1) is 7.00. The molecule has 1 aromatic rings. The molecule has 1 aromatic carbocycles. The summed E-state index contributed by atoms with van der Waals surface area (Å²) in [7, 11) is 0. The summed E-state index contributed by atoms with van der Waals surface area (Å²) in [6, 6.07) is 5.59. The van der Waals surface area contributed by atoms with Gasteiger partial charge in [0.1, 0.15) is 12.4 Å². The van der Waals surface area contributed by atoms with Crippen LogP contribution in [0.5, 0.6) is 5.75 Å². The van der Waals surface area contributed by atoms with Gasteiger partial charge in [-0.15, -0.1) is 0 Å². The summed E-state index contributed by atoms with van der Waals surface area (Å²) in [5, 5.41) is 9.54. The molecule has 15 heavy (non-hydrogen) atoms. The van der Waals surface area contributed by atoms with Crippen LogP contribution in [0.2, 0.25) is 0 Å². The fraction of sp³-hybridized carbons (Fsp3) is 0.333. The third kappa shape index (κ3) is 3.68. The van der Waals surface area contributed by atoms with Gasteiger partial charge in [-0.2, -0.15) is 0 Å². The highest BCUT2D eigenvalue weighted by atomic mass is 79.9. The average molecular weight is 271 g/mol. The molecule has 0 radical (unpaired) electrons. The van der Waals surface area contributed by atoms with Crippen LogP contribution in [0, 0.1) is 0 Å². The Hall–Kier alpha value is -0.800. The van der Waals surface area contributed by atoms with Crippen molar-refractivity contribution in [3.05, 3.63) is 40.4 Å². The molecule has 0 spiro atoms. The molecule has 82 valence electrons. The van der Waals surface area contributed by atoms with Crippen molar-refractivity contribution in [1.82, 2.24) is 0 Å². The van der Waals surface area contributed by atoms with Crippen LogP contribution in [-0.4, -0.2) is 11.7 Å². The molecule has 0 bridgehead atoms. The first-order valence-electron chi connectivity index (χ1n) is 4.75. The number of aliphatic hydroxyl groups is 1. The molecular weight excluding hydrogens is 256 g/mol. The smallest absolute Gasteiger partial charge is 0.126 e. The maximum absolute atomic E-state index is 9.54. The van der Waals surface area contributed by atoms with E-state index in [1.165, 1.54) is 0 Å².